The highest BCUT2D eigenvalue weighted by molar-refractivity contribution is 5.93. The zero-order valence-electron chi connectivity index (χ0n) is 17.0. The van der Waals surface area contributed by atoms with Crippen LogP contribution < -0.4 is 14.9 Å². The van der Waals surface area contributed by atoms with Gasteiger partial charge in [0.05, 0.1) is 32.4 Å². The van der Waals surface area contributed by atoms with Crippen molar-refractivity contribution in [2.24, 2.45) is 5.10 Å². The molecule has 0 radical (unpaired) electrons. The molecule has 8 nitrogen and oxygen atoms in total. The first-order chi connectivity index (χ1) is 15.2. The Balaban J connectivity index is 1.70. The first-order valence-electron chi connectivity index (χ1n) is 9.44. The summed E-state index contributed by atoms with van der Waals surface area (Å²) in [5.74, 6) is 0.944. The van der Waals surface area contributed by atoms with Gasteiger partial charge >= 0.3 is 5.91 Å². The van der Waals surface area contributed by atoms with Crippen molar-refractivity contribution in [1.82, 2.24) is 15.2 Å². The molecular formula is C23H20N4O4. The molecule has 156 valence electrons. The van der Waals surface area contributed by atoms with Crippen molar-refractivity contribution in [3.8, 4) is 28.4 Å². The number of rotatable bonds is 7. The van der Waals surface area contributed by atoms with Crippen LogP contribution in [0.3, 0.4) is 0 Å². The number of furan rings is 1. The molecular weight excluding hydrogens is 396 g/mol. The molecule has 0 aliphatic heterocycles. The van der Waals surface area contributed by atoms with Gasteiger partial charge in [0.15, 0.2) is 17.3 Å². The smallest absolute Gasteiger partial charge is 0.307 e. The largest absolute Gasteiger partial charge is 0.493 e. The zero-order valence-corrected chi connectivity index (χ0v) is 17.0. The standard InChI is InChI=1S/C23H20N4O4/c1-29-19-11-10-16(13-21(19)30-2)22-17(14-24-25-23(28)20-9-6-12-31-20)15-27(26-22)18-7-4-3-5-8-18/h3-15H,1-2H3,(H,25,28)/b24-14-. The van der Waals surface area contributed by atoms with Gasteiger partial charge in [-0.2, -0.15) is 10.2 Å². The molecule has 0 spiro atoms. The van der Waals surface area contributed by atoms with Crippen molar-refractivity contribution in [2.75, 3.05) is 14.2 Å². The van der Waals surface area contributed by atoms with E-state index in [0.717, 1.165) is 11.3 Å². The fourth-order valence-electron chi connectivity index (χ4n) is 3.03. The second-order valence-electron chi connectivity index (χ2n) is 6.46. The summed E-state index contributed by atoms with van der Waals surface area (Å²) in [4.78, 5) is 12.1. The number of amides is 1. The van der Waals surface area contributed by atoms with Crippen LogP contribution in [0.5, 0.6) is 11.5 Å². The van der Waals surface area contributed by atoms with Crippen molar-refractivity contribution in [2.45, 2.75) is 0 Å². The van der Waals surface area contributed by atoms with Crippen molar-refractivity contribution >= 4 is 12.1 Å². The normalized spacial score (nSPS) is 10.9. The molecule has 0 saturated carbocycles. The van der Waals surface area contributed by atoms with Gasteiger partial charge in [-0.15, -0.1) is 0 Å². The quantitative estimate of drug-likeness (QED) is 0.364. The molecule has 31 heavy (non-hydrogen) atoms. The molecule has 0 atom stereocenters. The number of benzene rings is 2. The summed E-state index contributed by atoms with van der Waals surface area (Å²) in [5.41, 5.74) is 5.53. The van der Waals surface area contributed by atoms with E-state index in [1.807, 2.05) is 54.7 Å². The number of methoxy groups -OCH3 is 2. The summed E-state index contributed by atoms with van der Waals surface area (Å²) < 4.78 is 17.6. The second kappa shape index (κ2) is 9.00. The third-order valence-corrected chi connectivity index (χ3v) is 4.53. The van der Waals surface area contributed by atoms with Crippen LogP contribution >= 0.6 is 0 Å². The van der Waals surface area contributed by atoms with E-state index in [9.17, 15) is 4.79 Å². The Hall–Kier alpha value is -4.33. The molecule has 8 heteroatoms. The van der Waals surface area contributed by atoms with E-state index in [2.05, 4.69) is 10.5 Å². The fourth-order valence-corrected chi connectivity index (χ4v) is 3.03. The third kappa shape index (κ3) is 4.32. The van der Waals surface area contributed by atoms with Gasteiger partial charge in [0.2, 0.25) is 0 Å². The van der Waals surface area contributed by atoms with Crippen molar-refractivity contribution < 1.29 is 18.7 Å². The van der Waals surface area contributed by atoms with Gasteiger partial charge in [-0.1, -0.05) is 18.2 Å². The Kier molecular flexibility index (Phi) is 5.79. The molecule has 0 aliphatic carbocycles. The monoisotopic (exact) mass is 416 g/mol. The van der Waals surface area contributed by atoms with E-state index < -0.39 is 5.91 Å². The topological polar surface area (TPSA) is 90.9 Å². The molecule has 0 unspecified atom stereocenters. The van der Waals surface area contributed by atoms with Gasteiger partial charge in [-0.05, 0) is 42.5 Å². The molecule has 1 N–H and O–H groups in total. The van der Waals surface area contributed by atoms with Crippen LogP contribution in [0.1, 0.15) is 16.1 Å². The summed E-state index contributed by atoms with van der Waals surface area (Å²) in [6.07, 6.45) is 4.81. The Morgan fingerprint density at radius 1 is 1.06 bits per heavy atom. The lowest BCUT2D eigenvalue weighted by Gasteiger charge is -2.09. The van der Waals surface area contributed by atoms with Gasteiger partial charge in [0.25, 0.3) is 0 Å². The van der Waals surface area contributed by atoms with Crippen LogP contribution in [-0.4, -0.2) is 36.1 Å². The number of hydrogen-bond acceptors (Lipinski definition) is 6. The molecule has 0 fully saturated rings. The number of nitrogens with zero attached hydrogens (tertiary/aromatic N) is 3. The molecule has 0 aliphatic rings. The van der Waals surface area contributed by atoms with Crippen molar-refractivity contribution in [3.05, 3.63) is 84.4 Å². The van der Waals surface area contributed by atoms with E-state index in [0.29, 0.717) is 22.8 Å². The van der Waals surface area contributed by atoms with Gasteiger partial charge in [0, 0.05) is 17.3 Å². The minimum Gasteiger partial charge on any atom is -0.493 e. The lowest BCUT2D eigenvalue weighted by Crippen LogP contribution is -2.16. The number of carbonyl (C=O) groups is 1. The number of hydrazone groups is 1. The van der Waals surface area contributed by atoms with Gasteiger partial charge in [0.1, 0.15) is 5.69 Å². The summed E-state index contributed by atoms with van der Waals surface area (Å²) >= 11 is 0. The number of aromatic nitrogens is 2. The molecule has 4 aromatic rings. The Morgan fingerprint density at radius 2 is 1.87 bits per heavy atom. The number of ether oxygens (including phenoxy) is 2. The number of hydrogen-bond donors (Lipinski definition) is 1. The van der Waals surface area contributed by atoms with Crippen LogP contribution in [0.4, 0.5) is 0 Å². The van der Waals surface area contributed by atoms with Crippen LogP contribution in [0.25, 0.3) is 16.9 Å². The SMILES string of the molecule is COc1ccc(-c2nn(-c3ccccc3)cc2/C=N\NC(=O)c2ccco2)cc1OC. The summed E-state index contributed by atoms with van der Waals surface area (Å²) in [6, 6.07) is 18.5. The summed E-state index contributed by atoms with van der Waals surface area (Å²) in [5, 5.41) is 8.80. The van der Waals surface area contributed by atoms with E-state index >= 15 is 0 Å². The molecule has 4 rings (SSSR count). The Labute approximate surface area is 178 Å². The maximum absolute atomic E-state index is 12.1. The van der Waals surface area contributed by atoms with Crippen LogP contribution in [0.15, 0.2) is 82.6 Å². The second-order valence-corrected chi connectivity index (χ2v) is 6.46. The highest BCUT2D eigenvalue weighted by atomic mass is 16.5. The molecule has 0 saturated heterocycles. The minimum absolute atomic E-state index is 0.178. The fraction of sp³-hybridized carbons (Fsp3) is 0.0870. The molecule has 2 heterocycles. The Bertz CT molecular complexity index is 1200. The van der Waals surface area contributed by atoms with E-state index in [1.165, 1.54) is 6.26 Å². The van der Waals surface area contributed by atoms with E-state index in [1.54, 1.807) is 37.2 Å². The predicted molar refractivity (Wildman–Crippen MR) is 116 cm³/mol. The highest BCUT2D eigenvalue weighted by Crippen LogP contribution is 2.33. The van der Waals surface area contributed by atoms with Crippen LogP contribution in [0.2, 0.25) is 0 Å². The summed E-state index contributed by atoms with van der Waals surface area (Å²) in [6.45, 7) is 0. The average molecular weight is 416 g/mol. The first kappa shape index (κ1) is 20.0. The molecule has 0 bridgehead atoms. The molecule has 2 aromatic carbocycles. The maximum Gasteiger partial charge on any atom is 0.307 e. The van der Waals surface area contributed by atoms with Crippen LogP contribution in [0, 0.1) is 0 Å². The summed E-state index contributed by atoms with van der Waals surface area (Å²) in [7, 11) is 3.16. The number of para-hydroxylation sites is 1. The minimum atomic E-state index is -0.440. The molecule has 2 aromatic heterocycles. The van der Waals surface area contributed by atoms with E-state index in [-0.39, 0.29) is 5.76 Å². The van der Waals surface area contributed by atoms with E-state index in [4.69, 9.17) is 19.0 Å². The van der Waals surface area contributed by atoms with Crippen molar-refractivity contribution in [1.29, 1.82) is 0 Å². The third-order valence-electron chi connectivity index (χ3n) is 4.53. The maximum atomic E-state index is 12.1. The number of nitrogens with one attached hydrogen (secondary N) is 1. The zero-order chi connectivity index (χ0) is 21.6. The van der Waals surface area contributed by atoms with Crippen LogP contribution in [-0.2, 0) is 0 Å². The lowest BCUT2D eigenvalue weighted by atomic mass is 10.1. The van der Waals surface area contributed by atoms with Gasteiger partial charge < -0.3 is 13.9 Å². The average Bonchev–Trinajstić information content (AvgIpc) is 3.50. The molecule has 1 amide bonds. The first-order valence-corrected chi connectivity index (χ1v) is 9.44. The Morgan fingerprint density at radius 3 is 2.58 bits per heavy atom. The predicted octanol–water partition coefficient (Wildman–Crippen LogP) is 3.91. The highest BCUT2D eigenvalue weighted by Gasteiger charge is 2.14. The lowest BCUT2D eigenvalue weighted by molar-refractivity contribution is 0.0927. The van der Waals surface area contributed by atoms with Gasteiger partial charge in [-0.3, -0.25) is 4.79 Å². The van der Waals surface area contributed by atoms with Crippen molar-refractivity contribution in [3.63, 3.8) is 0 Å². The number of carbonyl (C=O) groups excluding carboxylic acids is 1. The van der Waals surface area contributed by atoms with Gasteiger partial charge in [-0.25, -0.2) is 10.1 Å².